The van der Waals surface area contributed by atoms with Crippen LogP contribution in [0, 0.1) is 0 Å². The van der Waals surface area contributed by atoms with Gasteiger partial charge in [0.05, 0.1) is 22.8 Å². The Morgan fingerprint density at radius 3 is 2.91 bits per heavy atom. The van der Waals surface area contributed by atoms with Gasteiger partial charge in [-0.3, -0.25) is 14.5 Å². The predicted octanol–water partition coefficient (Wildman–Crippen LogP) is 2.07. The summed E-state index contributed by atoms with van der Waals surface area (Å²) in [7, 11) is 1.80. The van der Waals surface area contributed by atoms with Crippen LogP contribution in [0.4, 0.5) is 5.69 Å². The van der Waals surface area contributed by atoms with E-state index in [1.165, 1.54) is 0 Å². The summed E-state index contributed by atoms with van der Waals surface area (Å²) >= 11 is 6.19. The molecule has 1 aliphatic rings. The molecule has 1 fully saturated rings. The predicted molar refractivity (Wildman–Crippen MR) is 92.6 cm³/mol. The highest BCUT2D eigenvalue weighted by Gasteiger charge is 2.38. The van der Waals surface area contributed by atoms with Gasteiger partial charge >= 0.3 is 0 Å². The van der Waals surface area contributed by atoms with E-state index in [-0.39, 0.29) is 17.9 Å². The Bertz CT molecular complexity index is 605. The van der Waals surface area contributed by atoms with Crippen LogP contribution in [0.1, 0.15) is 13.3 Å². The molecule has 0 spiro atoms. The van der Waals surface area contributed by atoms with E-state index in [1.54, 1.807) is 31.0 Å². The molecule has 1 N–H and O–H groups in total. The minimum absolute atomic E-state index is 0.0241. The molecule has 0 saturated carbocycles. The molecule has 5 nitrogen and oxygen atoms in total. The molecule has 1 aromatic carbocycles. The Labute approximate surface area is 141 Å². The van der Waals surface area contributed by atoms with Crippen LogP contribution < -0.4 is 10.2 Å². The van der Waals surface area contributed by atoms with Crippen molar-refractivity contribution in [3.8, 4) is 0 Å². The molecule has 1 saturated heterocycles. The third-order valence-corrected chi connectivity index (χ3v) is 4.54. The van der Waals surface area contributed by atoms with Gasteiger partial charge in [-0.05, 0) is 32.5 Å². The van der Waals surface area contributed by atoms with E-state index in [0.717, 1.165) is 5.69 Å². The first-order valence-corrected chi connectivity index (χ1v) is 8.01. The van der Waals surface area contributed by atoms with E-state index in [2.05, 4.69) is 11.9 Å². The van der Waals surface area contributed by atoms with Crippen LogP contribution in [-0.4, -0.2) is 48.9 Å². The number of hydrogen-bond acceptors (Lipinski definition) is 3. The number of anilines is 1. The standard InChI is InChI=1S/C17H22ClN3O2/c1-4-10-19-16(22)12(2)20(3)15-9-11-21(17(15)23)14-8-6-5-7-13(14)18/h4-8,12,15H,1,9-11H2,2-3H3,(H,19,22)/t12-,15+/m0/s1. The number of nitrogens with zero attached hydrogens (tertiary/aromatic N) is 2. The second-order valence-corrected chi connectivity index (χ2v) is 6.03. The molecule has 0 aliphatic carbocycles. The van der Waals surface area contributed by atoms with Crippen LogP contribution in [0.5, 0.6) is 0 Å². The van der Waals surface area contributed by atoms with Crippen LogP contribution in [0.3, 0.4) is 0 Å². The topological polar surface area (TPSA) is 52.7 Å². The zero-order valence-corrected chi connectivity index (χ0v) is 14.2. The van der Waals surface area contributed by atoms with Crippen LogP contribution in [0.15, 0.2) is 36.9 Å². The highest BCUT2D eigenvalue weighted by molar-refractivity contribution is 6.33. The molecule has 2 rings (SSSR count). The smallest absolute Gasteiger partial charge is 0.244 e. The van der Waals surface area contributed by atoms with Crippen molar-refractivity contribution in [2.45, 2.75) is 25.4 Å². The van der Waals surface area contributed by atoms with Crippen molar-refractivity contribution in [2.24, 2.45) is 0 Å². The highest BCUT2D eigenvalue weighted by atomic mass is 35.5. The van der Waals surface area contributed by atoms with Gasteiger partial charge in [-0.2, -0.15) is 0 Å². The summed E-state index contributed by atoms with van der Waals surface area (Å²) in [5.74, 6) is -0.139. The van der Waals surface area contributed by atoms with Gasteiger partial charge < -0.3 is 10.2 Å². The second-order valence-electron chi connectivity index (χ2n) is 5.62. The van der Waals surface area contributed by atoms with Crippen molar-refractivity contribution in [3.63, 3.8) is 0 Å². The summed E-state index contributed by atoms with van der Waals surface area (Å²) in [6, 6.07) is 6.58. The Hall–Kier alpha value is -1.85. The summed E-state index contributed by atoms with van der Waals surface area (Å²) in [6.07, 6.45) is 2.30. The fourth-order valence-corrected chi connectivity index (χ4v) is 2.97. The minimum atomic E-state index is -0.393. The maximum absolute atomic E-state index is 12.7. The van der Waals surface area contributed by atoms with Gasteiger partial charge in [-0.15, -0.1) is 6.58 Å². The van der Waals surface area contributed by atoms with Crippen molar-refractivity contribution >= 4 is 29.1 Å². The van der Waals surface area contributed by atoms with Crippen molar-refractivity contribution in [1.82, 2.24) is 10.2 Å². The third-order valence-electron chi connectivity index (χ3n) is 4.22. The lowest BCUT2D eigenvalue weighted by atomic mass is 10.1. The van der Waals surface area contributed by atoms with E-state index in [0.29, 0.717) is 24.5 Å². The van der Waals surface area contributed by atoms with Gasteiger partial charge in [0, 0.05) is 13.1 Å². The Morgan fingerprint density at radius 1 is 1.57 bits per heavy atom. The lowest BCUT2D eigenvalue weighted by Gasteiger charge is -2.28. The van der Waals surface area contributed by atoms with Crippen molar-refractivity contribution in [1.29, 1.82) is 0 Å². The zero-order chi connectivity index (χ0) is 17.0. The zero-order valence-electron chi connectivity index (χ0n) is 13.5. The summed E-state index contributed by atoms with van der Waals surface area (Å²) in [4.78, 5) is 28.3. The lowest BCUT2D eigenvalue weighted by Crippen LogP contribution is -2.50. The molecule has 1 heterocycles. The molecular weight excluding hydrogens is 314 g/mol. The number of carbonyl (C=O) groups is 2. The average molecular weight is 336 g/mol. The number of nitrogens with one attached hydrogen (secondary N) is 1. The number of benzene rings is 1. The first kappa shape index (κ1) is 17.5. The Kier molecular flexibility index (Phi) is 5.80. The first-order chi connectivity index (χ1) is 11.0. The van der Waals surface area contributed by atoms with Gasteiger partial charge in [0.25, 0.3) is 0 Å². The number of para-hydroxylation sites is 1. The van der Waals surface area contributed by atoms with Crippen molar-refractivity contribution in [3.05, 3.63) is 41.9 Å². The van der Waals surface area contributed by atoms with Gasteiger partial charge in [-0.25, -0.2) is 0 Å². The molecule has 2 atom stereocenters. The first-order valence-electron chi connectivity index (χ1n) is 7.63. The van der Waals surface area contributed by atoms with Crippen molar-refractivity contribution < 1.29 is 9.59 Å². The maximum Gasteiger partial charge on any atom is 0.244 e. The van der Waals surface area contributed by atoms with Gasteiger partial charge in [0.2, 0.25) is 11.8 Å². The molecule has 0 unspecified atom stereocenters. The van der Waals surface area contributed by atoms with E-state index >= 15 is 0 Å². The van der Waals surface area contributed by atoms with Gasteiger partial charge in [0.15, 0.2) is 0 Å². The van der Waals surface area contributed by atoms with E-state index in [9.17, 15) is 9.59 Å². The van der Waals surface area contributed by atoms with Crippen LogP contribution in [0.25, 0.3) is 0 Å². The Balaban J connectivity index is 2.08. The number of halogens is 1. The van der Waals surface area contributed by atoms with Gasteiger partial charge in [-0.1, -0.05) is 29.8 Å². The highest BCUT2D eigenvalue weighted by Crippen LogP contribution is 2.30. The summed E-state index contributed by atoms with van der Waals surface area (Å²) < 4.78 is 0. The fraction of sp³-hybridized carbons (Fsp3) is 0.412. The fourth-order valence-electron chi connectivity index (χ4n) is 2.73. The Morgan fingerprint density at radius 2 is 2.26 bits per heavy atom. The lowest BCUT2D eigenvalue weighted by molar-refractivity contribution is -0.128. The summed E-state index contributed by atoms with van der Waals surface area (Å²) in [6.45, 7) is 6.39. The minimum Gasteiger partial charge on any atom is -0.351 e. The van der Waals surface area contributed by atoms with Crippen LogP contribution in [0.2, 0.25) is 5.02 Å². The summed E-state index contributed by atoms with van der Waals surface area (Å²) in [5, 5.41) is 3.32. The molecule has 2 amide bonds. The molecule has 23 heavy (non-hydrogen) atoms. The average Bonchev–Trinajstić information content (AvgIpc) is 2.93. The molecule has 1 aromatic rings. The largest absolute Gasteiger partial charge is 0.351 e. The number of rotatable bonds is 6. The third kappa shape index (κ3) is 3.74. The molecule has 0 radical (unpaired) electrons. The molecule has 124 valence electrons. The van der Waals surface area contributed by atoms with Crippen molar-refractivity contribution in [2.75, 3.05) is 25.0 Å². The molecular formula is C17H22ClN3O2. The number of amides is 2. The quantitative estimate of drug-likeness (QED) is 0.810. The molecule has 0 bridgehead atoms. The molecule has 0 aromatic heterocycles. The SMILES string of the molecule is C=CCNC(=O)[C@H](C)N(C)[C@@H]1CCN(c2ccccc2Cl)C1=O. The summed E-state index contributed by atoms with van der Waals surface area (Å²) in [5.41, 5.74) is 0.721. The normalized spacial score (nSPS) is 19.0. The molecule has 6 heteroatoms. The number of hydrogen-bond donors (Lipinski definition) is 1. The van der Waals surface area contributed by atoms with Crippen LogP contribution >= 0.6 is 11.6 Å². The number of carbonyl (C=O) groups excluding carboxylic acids is 2. The molecule has 1 aliphatic heterocycles. The van der Waals surface area contributed by atoms with Crippen LogP contribution in [-0.2, 0) is 9.59 Å². The van der Waals surface area contributed by atoms with E-state index < -0.39 is 6.04 Å². The number of likely N-dealkylation sites (N-methyl/N-ethyl adjacent to an activating group) is 1. The van der Waals surface area contributed by atoms with Gasteiger partial charge in [0.1, 0.15) is 0 Å². The maximum atomic E-state index is 12.7. The second kappa shape index (κ2) is 7.62. The van der Waals surface area contributed by atoms with E-state index in [4.69, 9.17) is 11.6 Å². The van der Waals surface area contributed by atoms with E-state index in [1.807, 2.05) is 23.1 Å². The monoisotopic (exact) mass is 335 g/mol.